The molecule has 35 heavy (non-hydrogen) atoms. The van der Waals surface area contributed by atoms with Gasteiger partial charge >= 0.3 is 0 Å². The third kappa shape index (κ3) is 5.19. The maximum Gasteiger partial charge on any atom is 0.255 e. The molecule has 0 spiro atoms. The molecule has 2 aromatic heterocycles. The van der Waals surface area contributed by atoms with Crippen LogP contribution < -0.4 is 5.32 Å². The zero-order chi connectivity index (χ0) is 24.2. The normalized spacial score (nSPS) is 10.9. The molecule has 0 fully saturated rings. The molecule has 0 aliphatic rings. The third-order valence-corrected chi connectivity index (χ3v) is 5.74. The van der Waals surface area contributed by atoms with Gasteiger partial charge in [0.2, 0.25) is 0 Å². The summed E-state index contributed by atoms with van der Waals surface area (Å²) in [5.74, 6) is -0.554. The highest BCUT2D eigenvalue weighted by atomic mass is 19.1. The first kappa shape index (κ1) is 22.3. The van der Waals surface area contributed by atoms with Gasteiger partial charge in [0.1, 0.15) is 11.5 Å². The average Bonchev–Trinajstić information content (AvgIpc) is 3.54. The number of aromatic nitrogens is 4. The minimum atomic E-state index is -0.326. The Morgan fingerprint density at radius 2 is 1.77 bits per heavy atom. The van der Waals surface area contributed by atoms with Crippen LogP contribution in [0.15, 0.2) is 97.7 Å². The molecule has 1 amide bonds. The van der Waals surface area contributed by atoms with Crippen LogP contribution in [0.4, 0.5) is 4.39 Å². The van der Waals surface area contributed by atoms with Crippen molar-refractivity contribution < 1.29 is 9.18 Å². The standard InChI is InChI=1S/C28H24FN5O/c1-20-5-7-23(8-6-20)27-26(18-34(32-27)25-11-9-24(29)10-12-25)28(35)31-16-21-3-2-4-22(15-21)17-33-14-13-30-19-33/h2-15,18-19H,16-17H2,1H3,(H,31,35). The molecule has 0 unspecified atom stereocenters. The lowest BCUT2D eigenvalue weighted by Crippen LogP contribution is -2.23. The van der Waals surface area contributed by atoms with E-state index in [9.17, 15) is 9.18 Å². The van der Waals surface area contributed by atoms with Crippen LogP contribution in [0.2, 0.25) is 0 Å². The van der Waals surface area contributed by atoms with Gasteiger partial charge in [-0.05, 0) is 42.3 Å². The first-order chi connectivity index (χ1) is 17.0. The van der Waals surface area contributed by atoms with Crippen LogP contribution in [0.5, 0.6) is 0 Å². The lowest BCUT2D eigenvalue weighted by atomic mass is 10.1. The highest BCUT2D eigenvalue weighted by Crippen LogP contribution is 2.24. The fraction of sp³-hybridized carbons (Fsp3) is 0.107. The molecule has 0 radical (unpaired) electrons. The van der Waals surface area contributed by atoms with Crippen LogP contribution in [-0.4, -0.2) is 25.2 Å². The summed E-state index contributed by atoms with van der Waals surface area (Å²) in [6.45, 7) is 3.10. The molecule has 0 atom stereocenters. The zero-order valence-electron chi connectivity index (χ0n) is 19.2. The van der Waals surface area contributed by atoms with E-state index in [0.717, 1.165) is 22.3 Å². The van der Waals surface area contributed by atoms with Gasteiger partial charge in [-0.15, -0.1) is 0 Å². The molecule has 5 rings (SSSR count). The number of amides is 1. The second-order valence-corrected chi connectivity index (χ2v) is 8.42. The van der Waals surface area contributed by atoms with Gasteiger partial charge in [-0.25, -0.2) is 14.1 Å². The number of imidazole rings is 1. The quantitative estimate of drug-likeness (QED) is 0.361. The van der Waals surface area contributed by atoms with E-state index in [1.165, 1.54) is 12.1 Å². The Kier molecular flexibility index (Phi) is 6.22. The van der Waals surface area contributed by atoms with Gasteiger partial charge in [0, 0.05) is 37.2 Å². The molecule has 0 aliphatic carbocycles. The number of nitrogens with one attached hydrogen (secondary N) is 1. The number of rotatable bonds is 7. The molecule has 7 heteroatoms. The summed E-state index contributed by atoms with van der Waals surface area (Å²) in [6, 6.07) is 22.0. The maximum absolute atomic E-state index is 13.4. The van der Waals surface area contributed by atoms with Crippen molar-refractivity contribution in [3.63, 3.8) is 0 Å². The molecule has 6 nitrogen and oxygen atoms in total. The predicted octanol–water partition coefficient (Wildman–Crippen LogP) is 5.16. The van der Waals surface area contributed by atoms with Gasteiger partial charge in [0.15, 0.2) is 0 Å². The summed E-state index contributed by atoms with van der Waals surface area (Å²) in [7, 11) is 0. The Morgan fingerprint density at radius 3 is 2.51 bits per heavy atom. The van der Waals surface area contributed by atoms with Crippen LogP contribution in [-0.2, 0) is 13.1 Å². The van der Waals surface area contributed by atoms with Gasteiger partial charge < -0.3 is 9.88 Å². The number of nitrogens with zero attached hydrogens (tertiary/aromatic N) is 4. The third-order valence-electron chi connectivity index (χ3n) is 5.74. The lowest BCUT2D eigenvalue weighted by molar-refractivity contribution is 0.0951. The van der Waals surface area contributed by atoms with Crippen molar-refractivity contribution in [2.45, 2.75) is 20.0 Å². The highest BCUT2D eigenvalue weighted by Gasteiger charge is 2.19. The Balaban J connectivity index is 1.39. The van der Waals surface area contributed by atoms with E-state index in [0.29, 0.717) is 30.0 Å². The van der Waals surface area contributed by atoms with E-state index < -0.39 is 0 Å². The topological polar surface area (TPSA) is 64.7 Å². The van der Waals surface area contributed by atoms with Crippen molar-refractivity contribution >= 4 is 5.91 Å². The summed E-state index contributed by atoms with van der Waals surface area (Å²) in [4.78, 5) is 17.4. The van der Waals surface area contributed by atoms with Crippen LogP contribution in [0, 0.1) is 12.7 Å². The molecule has 0 bridgehead atoms. The number of hydrogen-bond donors (Lipinski definition) is 1. The van der Waals surface area contributed by atoms with E-state index in [1.807, 2.05) is 60.2 Å². The van der Waals surface area contributed by atoms with Crippen molar-refractivity contribution in [1.29, 1.82) is 0 Å². The molecule has 0 saturated carbocycles. The van der Waals surface area contributed by atoms with Gasteiger partial charge in [-0.1, -0.05) is 54.1 Å². The molecule has 0 saturated heterocycles. The smallest absolute Gasteiger partial charge is 0.255 e. The number of carbonyl (C=O) groups is 1. The molecule has 0 aliphatic heterocycles. The summed E-state index contributed by atoms with van der Waals surface area (Å²) in [5, 5.41) is 7.69. The van der Waals surface area contributed by atoms with E-state index in [2.05, 4.69) is 21.5 Å². The van der Waals surface area contributed by atoms with Crippen molar-refractivity contribution in [3.05, 3.63) is 126 Å². The number of halogens is 1. The van der Waals surface area contributed by atoms with E-state index >= 15 is 0 Å². The number of benzene rings is 3. The van der Waals surface area contributed by atoms with Crippen LogP contribution >= 0.6 is 0 Å². The SMILES string of the molecule is Cc1ccc(-c2nn(-c3ccc(F)cc3)cc2C(=O)NCc2cccc(Cn3ccnc3)c2)cc1. The highest BCUT2D eigenvalue weighted by molar-refractivity contribution is 5.99. The van der Waals surface area contributed by atoms with Gasteiger partial charge in [-0.3, -0.25) is 4.79 Å². The van der Waals surface area contributed by atoms with Crippen molar-refractivity contribution in [3.8, 4) is 16.9 Å². The Labute approximate surface area is 202 Å². The Hall–Kier alpha value is -4.52. The summed E-state index contributed by atoms with van der Waals surface area (Å²) >= 11 is 0. The van der Waals surface area contributed by atoms with Crippen molar-refractivity contribution in [1.82, 2.24) is 24.6 Å². The second-order valence-electron chi connectivity index (χ2n) is 8.42. The largest absolute Gasteiger partial charge is 0.348 e. The van der Waals surface area contributed by atoms with E-state index in [-0.39, 0.29) is 11.7 Å². The summed E-state index contributed by atoms with van der Waals surface area (Å²) in [6.07, 6.45) is 7.13. The minimum Gasteiger partial charge on any atom is -0.348 e. The van der Waals surface area contributed by atoms with E-state index in [4.69, 9.17) is 0 Å². The monoisotopic (exact) mass is 465 g/mol. The van der Waals surface area contributed by atoms with Gasteiger partial charge in [0.25, 0.3) is 5.91 Å². The molecule has 1 N–H and O–H groups in total. The Bertz CT molecular complexity index is 1440. The lowest BCUT2D eigenvalue weighted by Gasteiger charge is -2.08. The number of hydrogen-bond acceptors (Lipinski definition) is 3. The maximum atomic E-state index is 13.4. The molecule has 174 valence electrons. The number of carbonyl (C=O) groups excluding carboxylic acids is 1. The molecular formula is C28H24FN5O. The fourth-order valence-electron chi connectivity index (χ4n) is 3.90. The summed E-state index contributed by atoms with van der Waals surface area (Å²) < 4.78 is 17.0. The minimum absolute atomic E-state index is 0.228. The molecule has 2 heterocycles. The van der Waals surface area contributed by atoms with Crippen LogP contribution in [0.25, 0.3) is 16.9 Å². The molecular weight excluding hydrogens is 441 g/mol. The van der Waals surface area contributed by atoms with Gasteiger partial charge in [-0.2, -0.15) is 5.10 Å². The fourth-order valence-corrected chi connectivity index (χ4v) is 3.90. The molecule has 3 aromatic carbocycles. The zero-order valence-corrected chi connectivity index (χ0v) is 19.2. The van der Waals surface area contributed by atoms with Crippen LogP contribution in [0.3, 0.4) is 0 Å². The first-order valence-electron chi connectivity index (χ1n) is 11.3. The first-order valence-corrected chi connectivity index (χ1v) is 11.3. The van der Waals surface area contributed by atoms with E-state index in [1.54, 1.807) is 35.5 Å². The van der Waals surface area contributed by atoms with Crippen molar-refractivity contribution in [2.75, 3.05) is 0 Å². The van der Waals surface area contributed by atoms with Crippen molar-refractivity contribution in [2.24, 2.45) is 0 Å². The Morgan fingerprint density at radius 1 is 1.00 bits per heavy atom. The number of aryl methyl sites for hydroxylation is 1. The average molecular weight is 466 g/mol. The molecule has 5 aromatic rings. The summed E-state index contributed by atoms with van der Waals surface area (Å²) in [5.41, 5.74) is 5.77. The predicted molar refractivity (Wildman–Crippen MR) is 133 cm³/mol. The van der Waals surface area contributed by atoms with Crippen LogP contribution in [0.1, 0.15) is 27.0 Å². The second kappa shape index (κ2) is 9.77. The van der Waals surface area contributed by atoms with Gasteiger partial charge in [0.05, 0.1) is 17.6 Å².